The van der Waals surface area contributed by atoms with Crippen LogP contribution < -0.4 is 5.73 Å². The number of nitro groups is 1. The fourth-order valence-electron chi connectivity index (χ4n) is 1.05. The van der Waals surface area contributed by atoms with Gasteiger partial charge in [-0.2, -0.15) is 5.26 Å². The lowest BCUT2D eigenvalue weighted by molar-refractivity contribution is -0.385. The third-order valence-corrected chi connectivity index (χ3v) is 2.63. The Hall–Kier alpha value is -1.45. The van der Waals surface area contributed by atoms with E-state index in [2.05, 4.69) is 15.9 Å². The van der Waals surface area contributed by atoms with Crippen molar-refractivity contribution >= 4 is 21.6 Å². The average Bonchev–Trinajstić information content (AvgIpc) is 2.16. The molecule has 0 saturated carbocycles. The molecule has 1 aromatic rings. The SMILES string of the molecule is N#Cc1ccc([N+](=O)[O-])c(Br)c1CN. The molecule has 72 valence electrons. The van der Waals surface area contributed by atoms with E-state index in [-0.39, 0.29) is 16.7 Å². The van der Waals surface area contributed by atoms with Gasteiger partial charge in [-0.15, -0.1) is 0 Å². The molecule has 0 atom stereocenters. The summed E-state index contributed by atoms with van der Waals surface area (Å²) in [6.07, 6.45) is 0. The van der Waals surface area contributed by atoms with Crippen molar-refractivity contribution in [2.24, 2.45) is 5.73 Å². The Morgan fingerprint density at radius 2 is 2.29 bits per heavy atom. The molecule has 0 radical (unpaired) electrons. The van der Waals surface area contributed by atoms with Crippen molar-refractivity contribution in [2.45, 2.75) is 6.54 Å². The van der Waals surface area contributed by atoms with Crippen molar-refractivity contribution in [2.75, 3.05) is 0 Å². The maximum atomic E-state index is 10.5. The highest BCUT2D eigenvalue weighted by Gasteiger charge is 2.17. The van der Waals surface area contributed by atoms with Crippen molar-refractivity contribution in [1.82, 2.24) is 0 Å². The van der Waals surface area contributed by atoms with Crippen molar-refractivity contribution in [1.29, 1.82) is 5.26 Å². The summed E-state index contributed by atoms with van der Waals surface area (Å²) in [6, 6.07) is 4.59. The van der Waals surface area contributed by atoms with E-state index in [4.69, 9.17) is 11.0 Å². The first-order chi connectivity index (χ1) is 6.61. The molecular formula is C8H6BrN3O2. The molecule has 1 rings (SSSR count). The Morgan fingerprint density at radius 3 is 2.71 bits per heavy atom. The van der Waals surface area contributed by atoms with Gasteiger partial charge in [0.25, 0.3) is 5.69 Å². The van der Waals surface area contributed by atoms with Crippen molar-refractivity contribution in [3.8, 4) is 6.07 Å². The normalized spacial score (nSPS) is 9.50. The highest BCUT2D eigenvalue weighted by molar-refractivity contribution is 9.10. The zero-order valence-corrected chi connectivity index (χ0v) is 8.61. The van der Waals surface area contributed by atoms with Crippen molar-refractivity contribution in [3.05, 3.63) is 37.8 Å². The minimum absolute atomic E-state index is 0.0792. The van der Waals surface area contributed by atoms with Crippen LogP contribution in [-0.2, 0) is 6.54 Å². The minimum atomic E-state index is -0.523. The summed E-state index contributed by atoms with van der Waals surface area (Å²) in [7, 11) is 0. The number of rotatable bonds is 2. The van der Waals surface area contributed by atoms with E-state index in [1.54, 1.807) is 0 Å². The number of hydrogen-bond donors (Lipinski definition) is 1. The molecule has 0 unspecified atom stereocenters. The van der Waals surface area contributed by atoms with Gasteiger partial charge < -0.3 is 5.73 Å². The predicted molar refractivity (Wildman–Crippen MR) is 53.4 cm³/mol. The highest BCUT2D eigenvalue weighted by atomic mass is 79.9. The lowest BCUT2D eigenvalue weighted by Crippen LogP contribution is -2.03. The van der Waals surface area contributed by atoms with Crippen LogP contribution in [0.3, 0.4) is 0 Å². The first-order valence-electron chi connectivity index (χ1n) is 3.67. The highest BCUT2D eigenvalue weighted by Crippen LogP contribution is 2.30. The van der Waals surface area contributed by atoms with Crippen LogP contribution in [0.4, 0.5) is 5.69 Å². The summed E-state index contributed by atoms with van der Waals surface area (Å²) < 4.78 is 0.282. The third-order valence-electron chi connectivity index (χ3n) is 1.74. The summed E-state index contributed by atoms with van der Waals surface area (Å²) in [4.78, 5) is 10.0. The van der Waals surface area contributed by atoms with Crippen LogP contribution in [-0.4, -0.2) is 4.92 Å². The first-order valence-corrected chi connectivity index (χ1v) is 4.47. The van der Waals surface area contributed by atoms with Gasteiger partial charge in [0.2, 0.25) is 0 Å². The van der Waals surface area contributed by atoms with Gasteiger partial charge in [0, 0.05) is 18.2 Å². The fourth-order valence-corrected chi connectivity index (χ4v) is 1.71. The van der Waals surface area contributed by atoms with Gasteiger partial charge in [0.15, 0.2) is 0 Å². The van der Waals surface area contributed by atoms with Gasteiger partial charge in [-0.05, 0) is 22.0 Å². The van der Waals surface area contributed by atoms with Gasteiger partial charge in [-0.25, -0.2) is 0 Å². The standard InChI is InChI=1S/C8H6BrN3O2/c9-8-6(4-11)5(3-10)1-2-7(8)12(13)14/h1-2H,4,11H2. The van der Waals surface area contributed by atoms with Crippen molar-refractivity contribution in [3.63, 3.8) is 0 Å². The van der Waals surface area contributed by atoms with E-state index < -0.39 is 4.92 Å². The van der Waals surface area contributed by atoms with Crippen LogP contribution >= 0.6 is 15.9 Å². The van der Waals surface area contributed by atoms with E-state index in [1.165, 1.54) is 12.1 Å². The number of benzene rings is 1. The second kappa shape index (κ2) is 4.17. The Labute approximate surface area is 88.4 Å². The van der Waals surface area contributed by atoms with Gasteiger partial charge in [-0.1, -0.05) is 0 Å². The molecule has 0 aromatic heterocycles. The smallest absolute Gasteiger partial charge is 0.283 e. The molecule has 0 aliphatic carbocycles. The summed E-state index contributed by atoms with van der Waals surface area (Å²) in [5.41, 5.74) is 6.12. The summed E-state index contributed by atoms with van der Waals surface area (Å²) in [6.45, 7) is 0.0884. The van der Waals surface area contributed by atoms with Gasteiger partial charge in [-0.3, -0.25) is 10.1 Å². The average molecular weight is 256 g/mol. The van der Waals surface area contributed by atoms with E-state index in [0.29, 0.717) is 11.1 Å². The monoisotopic (exact) mass is 255 g/mol. The second-order valence-electron chi connectivity index (χ2n) is 2.50. The molecule has 0 aliphatic heterocycles. The molecule has 0 fully saturated rings. The quantitative estimate of drug-likeness (QED) is 0.643. The maximum absolute atomic E-state index is 10.5. The van der Waals surface area contributed by atoms with Crippen LogP contribution in [0.15, 0.2) is 16.6 Å². The van der Waals surface area contributed by atoms with Crippen LogP contribution in [0.2, 0.25) is 0 Å². The fraction of sp³-hybridized carbons (Fsp3) is 0.125. The molecule has 6 heteroatoms. The topological polar surface area (TPSA) is 92.9 Å². The summed E-state index contributed by atoms with van der Waals surface area (Å²) >= 11 is 3.06. The predicted octanol–water partition coefficient (Wildman–Crippen LogP) is 1.69. The third kappa shape index (κ3) is 1.73. The first kappa shape index (κ1) is 10.6. The van der Waals surface area contributed by atoms with E-state index >= 15 is 0 Å². The van der Waals surface area contributed by atoms with Gasteiger partial charge in [0.1, 0.15) is 4.47 Å². The number of nitro benzene ring substituents is 1. The molecule has 0 aliphatic rings. The number of nitrogens with two attached hydrogens (primary N) is 1. The summed E-state index contributed by atoms with van der Waals surface area (Å²) in [5.74, 6) is 0. The molecular weight excluding hydrogens is 250 g/mol. The van der Waals surface area contributed by atoms with E-state index in [1.807, 2.05) is 6.07 Å². The zero-order valence-electron chi connectivity index (χ0n) is 7.03. The molecule has 0 saturated heterocycles. The molecule has 0 heterocycles. The molecule has 0 bridgehead atoms. The number of halogens is 1. The van der Waals surface area contributed by atoms with Crippen LogP contribution in [0.25, 0.3) is 0 Å². The molecule has 2 N–H and O–H groups in total. The Morgan fingerprint density at radius 1 is 1.64 bits per heavy atom. The Kier molecular flexibility index (Phi) is 3.17. The minimum Gasteiger partial charge on any atom is -0.326 e. The van der Waals surface area contributed by atoms with Crippen LogP contribution in [0.1, 0.15) is 11.1 Å². The molecule has 0 spiro atoms. The molecule has 1 aromatic carbocycles. The number of hydrogen-bond acceptors (Lipinski definition) is 4. The Bertz CT molecular complexity index is 425. The Balaban J connectivity index is 3.44. The lowest BCUT2D eigenvalue weighted by atomic mass is 10.1. The van der Waals surface area contributed by atoms with Gasteiger partial charge >= 0.3 is 0 Å². The largest absolute Gasteiger partial charge is 0.326 e. The van der Waals surface area contributed by atoms with Crippen molar-refractivity contribution < 1.29 is 4.92 Å². The molecule has 5 nitrogen and oxygen atoms in total. The van der Waals surface area contributed by atoms with Crippen LogP contribution in [0, 0.1) is 21.4 Å². The second-order valence-corrected chi connectivity index (χ2v) is 3.29. The summed E-state index contributed by atoms with van der Waals surface area (Å²) in [5, 5.41) is 19.2. The molecule has 14 heavy (non-hydrogen) atoms. The van der Waals surface area contributed by atoms with E-state index in [9.17, 15) is 10.1 Å². The van der Waals surface area contributed by atoms with E-state index in [0.717, 1.165) is 0 Å². The number of nitriles is 1. The van der Waals surface area contributed by atoms with Gasteiger partial charge in [0.05, 0.1) is 16.6 Å². The number of nitrogens with zero attached hydrogens (tertiary/aromatic N) is 2. The lowest BCUT2D eigenvalue weighted by Gasteiger charge is -2.03. The maximum Gasteiger partial charge on any atom is 0.283 e. The zero-order chi connectivity index (χ0) is 10.7. The molecule has 0 amide bonds. The van der Waals surface area contributed by atoms with Crippen LogP contribution in [0.5, 0.6) is 0 Å².